The van der Waals surface area contributed by atoms with Gasteiger partial charge < -0.3 is 27.5 Å². The van der Waals surface area contributed by atoms with E-state index in [4.69, 9.17) is 27.5 Å². The number of rotatable bonds is 10. The summed E-state index contributed by atoms with van der Waals surface area (Å²) >= 11 is 0. The van der Waals surface area contributed by atoms with Gasteiger partial charge in [-0.05, 0) is 12.1 Å². The van der Waals surface area contributed by atoms with Crippen molar-refractivity contribution in [1.82, 2.24) is 0 Å². The van der Waals surface area contributed by atoms with Crippen molar-refractivity contribution in [2.24, 2.45) is 0 Å². The van der Waals surface area contributed by atoms with Crippen LogP contribution in [0.2, 0.25) is 0 Å². The molecule has 0 unspecified atom stereocenters. The molecule has 0 aliphatic carbocycles. The van der Waals surface area contributed by atoms with E-state index in [-0.39, 0.29) is 20.4 Å². The molecular weight excluding hydrogens is 232 g/mol. The maximum atomic E-state index is 5.46. The van der Waals surface area contributed by atoms with Crippen molar-refractivity contribution in [3.63, 3.8) is 0 Å². The Bertz CT molecular complexity index is 177. The largest absolute Gasteiger partial charge is 0.537 e. The van der Waals surface area contributed by atoms with Gasteiger partial charge in [0.15, 0.2) is 0 Å². The van der Waals surface area contributed by atoms with E-state index in [9.17, 15) is 0 Å². The van der Waals surface area contributed by atoms with Gasteiger partial charge in [0.25, 0.3) is 0 Å². The van der Waals surface area contributed by atoms with Crippen molar-refractivity contribution in [1.29, 1.82) is 0 Å². The molecule has 96 valence electrons. The summed E-state index contributed by atoms with van der Waals surface area (Å²) in [5.74, 6) is 0. The summed E-state index contributed by atoms with van der Waals surface area (Å²) in [6.45, 7) is 5.76. The van der Waals surface area contributed by atoms with Gasteiger partial charge in [-0.25, -0.2) is 0 Å². The van der Waals surface area contributed by atoms with E-state index in [0.29, 0.717) is 5.20 Å². The van der Waals surface area contributed by atoms with Gasteiger partial charge in [0.2, 0.25) is 0 Å². The number of allylic oxidation sites excluding steroid dienone is 1. The molecule has 0 rings (SSSR count). The van der Waals surface area contributed by atoms with Crippen molar-refractivity contribution in [2.45, 2.75) is 6.92 Å². The highest BCUT2D eigenvalue weighted by Gasteiger charge is 2.43. The minimum Gasteiger partial charge on any atom is -0.360 e. The number of methoxy groups -OCH3 is 3. The highest BCUT2D eigenvalue weighted by molar-refractivity contribution is 6.68. The molecule has 0 aliphatic heterocycles. The Kier molecular flexibility index (Phi) is 8.67. The zero-order valence-corrected chi connectivity index (χ0v) is 11.3. The molecule has 0 amide bonds. The first-order valence-corrected chi connectivity index (χ1v) is 6.40. The van der Waals surface area contributed by atoms with Crippen LogP contribution in [0.1, 0.15) is 6.92 Å². The van der Waals surface area contributed by atoms with E-state index in [1.165, 1.54) is 21.3 Å². The molecule has 6 nitrogen and oxygen atoms in total. The molecule has 0 aromatic rings. The molecule has 0 atom stereocenters. The van der Waals surface area contributed by atoms with Gasteiger partial charge in [-0.1, -0.05) is 6.58 Å². The van der Waals surface area contributed by atoms with E-state index in [1.807, 2.05) is 0 Å². The fourth-order valence-corrected chi connectivity index (χ4v) is 2.71. The summed E-state index contributed by atoms with van der Waals surface area (Å²) in [6, 6.07) is 0. The first kappa shape index (κ1) is 15.7. The molecule has 0 spiro atoms. The van der Waals surface area contributed by atoms with Crippen LogP contribution in [0.25, 0.3) is 0 Å². The first-order valence-electron chi connectivity index (χ1n) is 4.67. The second-order valence-electron chi connectivity index (χ2n) is 2.99. The van der Waals surface area contributed by atoms with E-state index in [1.54, 1.807) is 6.92 Å². The third-order valence-corrected chi connectivity index (χ3v) is 4.16. The predicted molar refractivity (Wildman–Crippen MR) is 59.5 cm³/mol. The molecule has 0 saturated heterocycles. The highest BCUT2D eigenvalue weighted by atomic mass is 28.4. The lowest BCUT2D eigenvalue weighted by molar-refractivity contribution is -0.0804. The molecule has 0 aromatic carbocycles. The summed E-state index contributed by atoms with van der Waals surface area (Å²) in [7, 11) is 1.55. The van der Waals surface area contributed by atoms with Gasteiger partial charge in [0, 0.05) is 21.3 Å². The molecular formula is C9H20O6Si. The topological polar surface area (TPSA) is 55.4 Å². The third kappa shape index (κ3) is 5.17. The maximum Gasteiger partial charge on any atom is 0.537 e. The average molecular weight is 252 g/mol. The van der Waals surface area contributed by atoms with Crippen molar-refractivity contribution in [3.8, 4) is 0 Å². The molecule has 0 fully saturated rings. The summed E-state index contributed by atoms with van der Waals surface area (Å²) in [5.41, 5.74) is 0. The van der Waals surface area contributed by atoms with Gasteiger partial charge in [0.05, 0.1) is 0 Å². The lowest BCUT2D eigenvalue weighted by Crippen LogP contribution is -2.48. The second kappa shape index (κ2) is 8.82. The summed E-state index contributed by atoms with van der Waals surface area (Å²) in [6.07, 6.45) is 0. The molecule has 7 heteroatoms. The van der Waals surface area contributed by atoms with Crippen LogP contribution in [-0.2, 0) is 27.5 Å². The predicted octanol–water partition coefficient (Wildman–Crippen LogP) is 0.902. The van der Waals surface area contributed by atoms with Crippen LogP contribution >= 0.6 is 0 Å². The number of ether oxygens (including phenoxy) is 3. The Morgan fingerprint density at radius 1 is 0.875 bits per heavy atom. The zero-order valence-electron chi connectivity index (χ0n) is 10.3. The quantitative estimate of drug-likeness (QED) is 0.425. The molecule has 0 saturated carbocycles. The molecule has 0 N–H and O–H groups in total. The molecule has 0 heterocycles. The lowest BCUT2D eigenvalue weighted by Gasteiger charge is -2.28. The van der Waals surface area contributed by atoms with Crippen LogP contribution < -0.4 is 0 Å². The second-order valence-corrected chi connectivity index (χ2v) is 5.82. The van der Waals surface area contributed by atoms with E-state index in [0.717, 1.165) is 0 Å². The van der Waals surface area contributed by atoms with Gasteiger partial charge in [-0.3, -0.25) is 0 Å². The summed E-state index contributed by atoms with van der Waals surface area (Å²) in [4.78, 5) is 0. The third-order valence-electron chi connectivity index (χ3n) is 1.62. The van der Waals surface area contributed by atoms with Crippen LogP contribution in [0.3, 0.4) is 0 Å². The molecule has 0 radical (unpaired) electrons. The van der Waals surface area contributed by atoms with Crippen LogP contribution in [-0.4, -0.2) is 50.5 Å². The van der Waals surface area contributed by atoms with Crippen LogP contribution in [0.4, 0.5) is 0 Å². The van der Waals surface area contributed by atoms with Crippen molar-refractivity contribution >= 4 is 8.80 Å². The minimum absolute atomic E-state index is 0.0620. The lowest BCUT2D eigenvalue weighted by atomic mass is 10.8. The molecule has 0 aromatic heterocycles. The Hall–Kier alpha value is -0.283. The Balaban J connectivity index is 4.52. The Morgan fingerprint density at radius 3 is 1.38 bits per heavy atom. The molecule has 0 bridgehead atoms. The first-order chi connectivity index (χ1) is 7.63. The minimum atomic E-state index is -3.01. The normalized spacial score (nSPS) is 11.8. The fourth-order valence-electron chi connectivity index (χ4n) is 0.904. The zero-order chi connectivity index (χ0) is 12.4. The SMILES string of the molecule is C=C(C)[Si](OCOC)(OCOC)OCOC. The van der Waals surface area contributed by atoms with E-state index >= 15 is 0 Å². The van der Waals surface area contributed by atoms with Crippen molar-refractivity contribution < 1.29 is 27.5 Å². The van der Waals surface area contributed by atoms with Crippen molar-refractivity contribution in [2.75, 3.05) is 41.7 Å². The maximum absolute atomic E-state index is 5.46. The fraction of sp³-hybridized carbons (Fsp3) is 0.778. The van der Waals surface area contributed by atoms with E-state index in [2.05, 4.69) is 6.58 Å². The van der Waals surface area contributed by atoms with Gasteiger partial charge in [-0.2, -0.15) is 0 Å². The highest BCUT2D eigenvalue weighted by Crippen LogP contribution is 2.18. The molecule has 0 aliphatic rings. The van der Waals surface area contributed by atoms with Crippen LogP contribution in [0.5, 0.6) is 0 Å². The Morgan fingerprint density at radius 2 is 1.19 bits per heavy atom. The average Bonchev–Trinajstić information content (AvgIpc) is 2.28. The van der Waals surface area contributed by atoms with E-state index < -0.39 is 8.80 Å². The Labute approximate surface area is 97.4 Å². The summed E-state index contributed by atoms with van der Waals surface area (Å²) < 4.78 is 30.9. The van der Waals surface area contributed by atoms with Crippen LogP contribution in [0, 0.1) is 0 Å². The van der Waals surface area contributed by atoms with Gasteiger partial charge in [0.1, 0.15) is 20.4 Å². The standard InChI is InChI=1S/C9H20O6Si/c1-9(2)16(13-6-10-3,14-7-11-4)15-8-12-5/h1,6-8H2,2-5H3. The smallest absolute Gasteiger partial charge is 0.360 e. The monoisotopic (exact) mass is 252 g/mol. The van der Waals surface area contributed by atoms with Gasteiger partial charge in [-0.15, -0.1) is 0 Å². The van der Waals surface area contributed by atoms with Crippen LogP contribution in [0.15, 0.2) is 11.8 Å². The summed E-state index contributed by atoms with van der Waals surface area (Å²) in [5, 5.41) is 0.665. The van der Waals surface area contributed by atoms with Gasteiger partial charge >= 0.3 is 8.80 Å². The van der Waals surface area contributed by atoms with Crippen molar-refractivity contribution in [3.05, 3.63) is 11.8 Å². The number of hydrogen-bond acceptors (Lipinski definition) is 6. The number of hydrogen-bond donors (Lipinski definition) is 0. The molecule has 16 heavy (non-hydrogen) atoms.